The lowest BCUT2D eigenvalue weighted by Crippen LogP contribution is -2.57. The number of nitrogens with zero attached hydrogens (tertiary/aromatic N) is 4. The molecule has 31 heavy (non-hydrogen) atoms. The lowest BCUT2D eigenvalue weighted by molar-refractivity contribution is 0.0198. The van der Waals surface area contributed by atoms with E-state index in [0.29, 0.717) is 38.0 Å². The maximum absolute atomic E-state index is 12.7. The molecule has 0 N–H and O–H groups in total. The summed E-state index contributed by atoms with van der Waals surface area (Å²) in [6.45, 7) is 9.48. The highest BCUT2D eigenvalue weighted by Crippen LogP contribution is 2.27. The molecule has 2 aromatic heterocycles. The van der Waals surface area contributed by atoms with Gasteiger partial charge in [-0.2, -0.15) is 4.98 Å². The average molecular weight is 425 g/mol. The lowest BCUT2D eigenvalue weighted by atomic mass is 10.2. The van der Waals surface area contributed by atoms with E-state index in [0.717, 1.165) is 16.7 Å². The van der Waals surface area contributed by atoms with Crippen LogP contribution in [0.3, 0.4) is 0 Å². The third-order valence-electron chi connectivity index (χ3n) is 4.99. The highest BCUT2D eigenvalue weighted by Gasteiger charge is 2.34. The molecule has 1 aromatic carbocycles. The quantitative estimate of drug-likeness (QED) is 0.625. The number of hydrogen-bond donors (Lipinski definition) is 0. The number of carbonyl (C=O) groups is 1. The van der Waals surface area contributed by atoms with Crippen molar-refractivity contribution < 1.29 is 18.7 Å². The van der Waals surface area contributed by atoms with Crippen LogP contribution in [-0.4, -0.2) is 58.8 Å². The van der Waals surface area contributed by atoms with Gasteiger partial charge in [0.05, 0.1) is 12.2 Å². The van der Waals surface area contributed by atoms with E-state index >= 15 is 0 Å². The Morgan fingerprint density at radius 3 is 2.84 bits per heavy atom. The van der Waals surface area contributed by atoms with Gasteiger partial charge in [-0.15, -0.1) is 0 Å². The number of anilines is 1. The minimum Gasteiger partial charge on any atom is -0.490 e. The summed E-state index contributed by atoms with van der Waals surface area (Å²) in [6, 6.07) is 9.98. The monoisotopic (exact) mass is 424 g/mol. The van der Waals surface area contributed by atoms with Gasteiger partial charge in [-0.05, 0) is 57.5 Å². The van der Waals surface area contributed by atoms with Gasteiger partial charge in [-0.25, -0.2) is 4.79 Å². The molecule has 0 bridgehead atoms. The van der Waals surface area contributed by atoms with Crippen molar-refractivity contribution in [1.82, 2.24) is 14.9 Å². The maximum atomic E-state index is 12.7. The van der Waals surface area contributed by atoms with Gasteiger partial charge in [-0.3, -0.25) is 4.98 Å². The number of aryl methyl sites for hydroxylation is 1. The van der Waals surface area contributed by atoms with Gasteiger partial charge in [0.2, 0.25) is 0 Å². The largest absolute Gasteiger partial charge is 0.490 e. The highest BCUT2D eigenvalue weighted by atomic mass is 16.6. The number of benzene rings is 1. The minimum absolute atomic E-state index is 0.157. The van der Waals surface area contributed by atoms with E-state index in [4.69, 9.17) is 13.9 Å². The van der Waals surface area contributed by atoms with Crippen molar-refractivity contribution in [3.8, 4) is 5.75 Å². The second-order valence-electron chi connectivity index (χ2n) is 8.74. The van der Waals surface area contributed by atoms with E-state index in [1.165, 1.54) is 0 Å². The standard InChI is InChI=1S/C23H28N4O4/c1-16-7-8-20-19(12-16)25-21(30-20)27-11-10-26(22(28)31-23(2,3)4)14-17(27)15-29-18-6-5-9-24-13-18/h5-9,12-13,17H,10-11,14-15H2,1-4H3. The zero-order valence-electron chi connectivity index (χ0n) is 18.4. The van der Waals surface area contributed by atoms with Crippen LogP contribution in [0.1, 0.15) is 26.3 Å². The molecule has 1 atom stereocenters. The number of carbonyl (C=O) groups excluding carboxylic acids is 1. The molecular weight excluding hydrogens is 396 g/mol. The van der Waals surface area contributed by atoms with Gasteiger partial charge in [0.25, 0.3) is 6.01 Å². The molecule has 1 aliphatic rings. The SMILES string of the molecule is Cc1ccc2oc(N3CCN(C(=O)OC(C)(C)C)CC3COc3cccnc3)nc2c1. The molecule has 4 rings (SSSR count). The number of rotatable bonds is 4. The first-order valence-electron chi connectivity index (χ1n) is 10.4. The van der Waals surface area contributed by atoms with Gasteiger partial charge in [0.1, 0.15) is 23.5 Å². The molecule has 0 aliphatic carbocycles. The minimum atomic E-state index is -0.548. The molecule has 3 heterocycles. The van der Waals surface area contributed by atoms with Crippen LogP contribution < -0.4 is 9.64 Å². The number of oxazole rings is 1. The van der Waals surface area contributed by atoms with Gasteiger partial charge in [0, 0.05) is 25.8 Å². The third-order valence-corrected chi connectivity index (χ3v) is 4.99. The lowest BCUT2D eigenvalue weighted by Gasteiger charge is -2.40. The molecule has 1 unspecified atom stereocenters. The van der Waals surface area contributed by atoms with Crippen molar-refractivity contribution in [2.24, 2.45) is 0 Å². The Hall–Kier alpha value is -3.29. The molecule has 8 heteroatoms. The van der Waals surface area contributed by atoms with Crippen LogP contribution in [-0.2, 0) is 4.74 Å². The Labute approximate surface area is 181 Å². The molecule has 3 aromatic rings. The fourth-order valence-corrected chi connectivity index (χ4v) is 3.52. The van der Waals surface area contributed by atoms with E-state index in [1.807, 2.05) is 58.0 Å². The van der Waals surface area contributed by atoms with E-state index in [-0.39, 0.29) is 12.1 Å². The first-order chi connectivity index (χ1) is 14.8. The zero-order chi connectivity index (χ0) is 22.0. The summed E-state index contributed by atoms with van der Waals surface area (Å²) in [5, 5.41) is 0. The molecule has 1 aliphatic heterocycles. The molecule has 1 fully saturated rings. The molecule has 164 valence electrons. The number of pyridine rings is 1. The topological polar surface area (TPSA) is 80.9 Å². The van der Waals surface area contributed by atoms with Gasteiger partial charge in [0.15, 0.2) is 5.58 Å². The van der Waals surface area contributed by atoms with Crippen LogP contribution in [0, 0.1) is 6.92 Å². The normalized spacial score (nSPS) is 17.1. The van der Waals surface area contributed by atoms with Crippen molar-refractivity contribution in [3.63, 3.8) is 0 Å². The summed E-state index contributed by atoms with van der Waals surface area (Å²) in [4.78, 5) is 25.2. The third kappa shape index (κ3) is 5.07. The summed E-state index contributed by atoms with van der Waals surface area (Å²) in [5.41, 5.74) is 2.13. The Morgan fingerprint density at radius 2 is 2.10 bits per heavy atom. The highest BCUT2D eigenvalue weighted by molar-refractivity contribution is 5.75. The van der Waals surface area contributed by atoms with Gasteiger partial charge in [-0.1, -0.05) is 6.07 Å². The van der Waals surface area contributed by atoms with Crippen molar-refractivity contribution in [3.05, 3.63) is 48.3 Å². The number of hydrogen-bond acceptors (Lipinski definition) is 7. The molecule has 1 amide bonds. The van der Waals surface area contributed by atoms with Crippen molar-refractivity contribution in [2.75, 3.05) is 31.1 Å². The van der Waals surface area contributed by atoms with Crippen LogP contribution in [0.4, 0.5) is 10.8 Å². The molecule has 0 radical (unpaired) electrons. The summed E-state index contributed by atoms with van der Waals surface area (Å²) < 4.78 is 17.6. The van der Waals surface area contributed by atoms with E-state index in [1.54, 1.807) is 17.3 Å². The number of ether oxygens (including phenoxy) is 2. The molecule has 0 spiro atoms. The molecule has 8 nitrogen and oxygen atoms in total. The van der Waals surface area contributed by atoms with Crippen molar-refractivity contribution in [1.29, 1.82) is 0 Å². The van der Waals surface area contributed by atoms with E-state index in [2.05, 4.69) is 14.9 Å². The van der Waals surface area contributed by atoms with Crippen LogP contribution in [0.2, 0.25) is 0 Å². The number of piperazine rings is 1. The number of amides is 1. The Bertz CT molecular complexity index is 1040. The second-order valence-corrected chi connectivity index (χ2v) is 8.74. The molecule has 1 saturated heterocycles. The van der Waals surface area contributed by atoms with E-state index in [9.17, 15) is 4.79 Å². The summed E-state index contributed by atoms with van der Waals surface area (Å²) in [5.74, 6) is 0.671. The smallest absolute Gasteiger partial charge is 0.410 e. The number of aromatic nitrogens is 2. The predicted molar refractivity (Wildman–Crippen MR) is 117 cm³/mol. The Kier molecular flexibility index (Phi) is 5.71. The fraction of sp³-hybridized carbons (Fsp3) is 0.435. The molecule has 0 saturated carbocycles. The summed E-state index contributed by atoms with van der Waals surface area (Å²) in [6.07, 6.45) is 3.04. The predicted octanol–water partition coefficient (Wildman–Crippen LogP) is 4.04. The summed E-state index contributed by atoms with van der Waals surface area (Å²) >= 11 is 0. The number of fused-ring (bicyclic) bond motifs is 1. The van der Waals surface area contributed by atoms with Gasteiger partial charge >= 0.3 is 6.09 Å². The Balaban J connectivity index is 1.55. The average Bonchev–Trinajstić information content (AvgIpc) is 3.14. The van der Waals surface area contributed by atoms with Crippen LogP contribution in [0.5, 0.6) is 5.75 Å². The molecular formula is C23H28N4O4. The van der Waals surface area contributed by atoms with Crippen LogP contribution in [0.25, 0.3) is 11.1 Å². The zero-order valence-corrected chi connectivity index (χ0v) is 18.4. The fourth-order valence-electron chi connectivity index (χ4n) is 3.52. The Morgan fingerprint density at radius 1 is 1.26 bits per heavy atom. The van der Waals surface area contributed by atoms with Gasteiger partial charge < -0.3 is 23.7 Å². The first-order valence-corrected chi connectivity index (χ1v) is 10.4. The maximum Gasteiger partial charge on any atom is 0.410 e. The second kappa shape index (κ2) is 8.45. The first kappa shape index (κ1) is 21.0. The van der Waals surface area contributed by atoms with Crippen LogP contribution in [0.15, 0.2) is 47.1 Å². The van der Waals surface area contributed by atoms with E-state index < -0.39 is 5.60 Å². The van der Waals surface area contributed by atoms with Crippen LogP contribution >= 0.6 is 0 Å². The van der Waals surface area contributed by atoms with Crippen molar-refractivity contribution >= 4 is 23.2 Å². The van der Waals surface area contributed by atoms with Crippen molar-refractivity contribution in [2.45, 2.75) is 39.3 Å². The summed E-state index contributed by atoms with van der Waals surface area (Å²) in [7, 11) is 0.